The molecule has 7 nitrogen and oxygen atoms in total. The Morgan fingerprint density at radius 3 is 2.45 bits per heavy atom. The van der Waals surface area contributed by atoms with Crippen LogP contribution in [0, 0.1) is 5.82 Å². The molecule has 9 heteroatoms. The molecule has 0 saturated heterocycles. The normalized spacial score (nSPS) is 12.1. The van der Waals surface area contributed by atoms with Crippen LogP contribution in [0.3, 0.4) is 0 Å². The summed E-state index contributed by atoms with van der Waals surface area (Å²) in [7, 11) is 0. The van der Waals surface area contributed by atoms with Crippen LogP contribution in [-0.4, -0.2) is 31.9 Å². The lowest BCUT2D eigenvalue weighted by atomic mass is 10.1. The highest BCUT2D eigenvalue weighted by Gasteiger charge is 2.21. The van der Waals surface area contributed by atoms with Gasteiger partial charge in [0.25, 0.3) is 5.56 Å². The average molecular weight is 469 g/mol. The number of fused-ring (bicyclic) bond motifs is 1. The molecule has 1 atom stereocenters. The number of carboxylic acids is 1. The third-order valence-electron chi connectivity index (χ3n) is 5.44. The van der Waals surface area contributed by atoms with Crippen LogP contribution in [0.25, 0.3) is 10.9 Å². The molecule has 33 heavy (non-hydrogen) atoms. The lowest BCUT2D eigenvalue weighted by Crippen LogP contribution is -2.27. The summed E-state index contributed by atoms with van der Waals surface area (Å²) in [5, 5.41) is 19.5. The molecule has 2 aromatic carbocycles. The summed E-state index contributed by atoms with van der Waals surface area (Å²) in [5.74, 6) is -2.13. The molecule has 0 spiro atoms. The van der Waals surface area contributed by atoms with Gasteiger partial charge in [-0.25, -0.2) is 9.18 Å². The summed E-state index contributed by atoms with van der Waals surface area (Å²) in [6.07, 6.45) is 2.34. The fourth-order valence-corrected chi connectivity index (χ4v) is 3.98. The van der Waals surface area contributed by atoms with Crippen molar-refractivity contribution >= 4 is 28.5 Å². The smallest absolute Gasteiger partial charge is 0.341 e. The number of pyridine rings is 2. The van der Waals surface area contributed by atoms with Crippen LogP contribution in [0.1, 0.15) is 27.5 Å². The van der Waals surface area contributed by atoms with Crippen LogP contribution in [-0.2, 0) is 6.54 Å². The molecule has 2 aromatic heterocycles. The molecule has 168 valence electrons. The maximum atomic E-state index is 14.4. The zero-order valence-electron chi connectivity index (χ0n) is 17.1. The number of aromatic carboxylic acids is 1. The Kier molecular flexibility index (Phi) is 6.13. The summed E-state index contributed by atoms with van der Waals surface area (Å²) in [4.78, 5) is 37.6. The number of aliphatic hydroxyl groups excluding tert-OH is 1. The monoisotopic (exact) mass is 468 g/mol. The topological polar surface area (TPSA) is 102 Å². The van der Waals surface area contributed by atoms with E-state index in [0.717, 1.165) is 10.8 Å². The van der Waals surface area contributed by atoms with Gasteiger partial charge in [-0.1, -0.05) is 54.1 Å². The van der Waals surface area contributed by atoms with Crippen molar-refractivity contribution in [2.45, 2.75) is 12.6 Å². The highest BCUT2D eigenvalue weighted by atomic mass is 35.5. The fraction of sp³-hybridized carbons (Fsp3) is 0.125. The summed E-state index contributed by atoms with van der Waals surface area (Å²) in [6, 6.07) is 13.6. The van der Waals surface area contributed by atoms with Crippen molar-refractivity contribution in [1.82, 2.24) is 9.13 Å². The number of rotatable bonds is 6. The van der Waals surface area contributed by atoms with Crippen LogP contribution >= 0.6 is 11.6 Å². The molecule has 4 aromatic rings. The highest BCUT2D eigenvalue weighted by molar-refractivity contribution is 6.30. The number of halogens is 2. The largest absolute Gasteiger partial charge is 0.477 e. The highest BCUT2D eigenvalue weighted by Crippen LogP contribution is 2.23. The van der Waals surface area contributed by atoms with Gasteiger partial charge >= 0.3 is 5.97 Å². The average Bonchev–Trinajstić information content (AvgIpc) is 2.80. The molecule has 4 rings (SSSR count). The van der Waals surface area contributed by atoms with Crippen molar-refractivity contribution in [3.05, 3.63) is 115 Å². The Balaban J connectivity index is 1.97. The first kappa shape index (κ1) is 22.4. The van der Waals surface area contributed by atoms with Gasteiger partial charge in [0.1, 0.15) is 11.4 Å². The van der Waals surface area contributed by atoms with Crippen molar-refractivity contribution < 1.29 is 19.4 Å². The molecular weight excluding hydrogens is 451 g/mol. The second kappa shape index (κ2) is 9.01. The maximum Gasteiger partial charge on any atom is 0.341 e. The molecule has 0 saturated carbocycles. The Labute approximate surface area is 191 Å². The number of hydrogen-bond acceptors (Lipinski definition) is 4. The predicted molar refractivity (Wildman–Crippen MR) is 122 cm³/mol. The number of carbonyl (C=O) groups is 1. The van der Waals surface area contributed by atoms with E-state index in [0.29, 0.717) is 5.56 Å². The van der Waals surface area contributed by atoms with E-state index in [1.54, 1.807) is 30.3 Å². The minimum Gasteiger partial charge on any atom is -0.477 e. The molecule has 0 fully saturated rings. The standard InChI is InChI=1S/C24H18ClFN2O5/c25-18-8-4-7-15(22(18)26)10-27-11-16-19(9-21(27)30)28(12-17(23(16)31)24(32)33)20(13-29)14-5-2-1-3-6-14/h1-9,11-12,20,29H,10,13H2,(H,32,33)/t20-/m0/s1. The third kappa shape index (κ3) is 4.18. The first-order chi connectivity index (χ1) is 15.8. The van der Waals surface area contributed by atoms with E-state index >= 15 is 0 Å². The van der Waals surface area contributed by atoms with E-state index in [4.69, 9.17) is 11.6 Å². The first-order valence-electron chi connectivity index (χ1n) is 9.93. The summed E-state index contributed by atoms with van der Waals surface area (Å²) >= 11 is 5.82. The SMILES string of the molecule is O=C(O)c1cn([C@@H](CO)c2ccccc2)c2cc(=O)n(Cc3cccc(Cl)c3F)cc2c1=O. The predicted octanol–water partition coefficient (Wildman–Crippen LogP) is 3.28. The zero-order chi connectivity index (χ0) is 23.7. The minimum absolute atomic E-state index is 0.0497. The quantitative estimate of drug-likeness (QED) is 0.452. The van der Waals surface area contributed by atoms with Gasteiger partial charge in [-0.3, -0.25) is 9.59 Å². The van der Waals surface area contributed by atoms with Gasteiger partial charge in [-0.15, -0.1) is 0 Å². The van der Waals surface area contributed by atoms with Crippen molar-refractivity contribution in [2.75, 3.05) is 6.61 Å². The third-order valence-corrected chi connectivity index (χ3v) is 5.73. The Morgan fingerprint density at radius 1 is 1.06 bits per heavy atom. The number of carboxylic acid groups (broad SMARTS) is 1. The summed E-state index contributed by atoms with van der Waals surface area (Å²) < 4.78 is 16.9. The molecule has 0 unspecified atom stereocenters. The van der Waals surface area contributed by atoms with Crippen LogP contribution in [0.5, 0.6) is 0 Å². The zero-order valence-corrected chi connectivity index (χ0v) is 17.9. The van der Waals surface area contributed by atoms with Gasteiger partial charge in [-0.2, -0.15) is 0 Å². The van der Waals surface area contributed by atoms with Crippen molar-refractivity contribution in [3.8, 4) is 0 Å². The molecule has 0 radical (unpaired) electrons. The van der Waals surface area contributed by atoms with Gasteiger partial charge in [0, 0.05) is 24.0 Å². The second-order valence-electron chi connectivity index (χ2n) is 7.44. The van der Waals surface area contributed by atoms with E-state index < -0.39 is 41.0 Å². The van der Waals surface area contributed by atoms with E-state index in [2.05, 4.69) is 0 Å². The molecular formula is C24H18ClFN2O5. The maximum absolute atomic E-state index is 14.4. The Morgan fingerprint density at radius 2 is 1.79 bits per heavy atom. The number of aliphatic hydroxyl groups is 1. The second-order valence-corrected chi connectivity index (χ2v) is 7.85. The number of hydrogen-bond donors (Lipinski definition) is 2. The lowest BCUT2D eigenvalue weighted by Gasteiger charge is -2.22. The van der Waals surface area contributed by atoms with E-state index in [-0.39, 0.29) is 28.0 Å². The van der Waals surface area contributed by atoms with E-state index in [9.17, 15) is 29.0 Å². The lowest BCUT2D eigenvalue weighted by molar-refractivity contribution is 0.0694. The number of nitrogens with zero attached hydrogens (tertiary/aromatic N) is 2. The van der Waals surface area contributed by atoms with Crippen LogP contribution in [0.4, 0.5) is 4.39 Å². The van der Waals surface area contributed by atoms with Gasteiger partial charge < -0.3 is 19.3 Å². The van der Waals surface area contributed by atoms with Gasteiger partial charge in [-0.05, 0) is 11.6 Å². The number of benzene rings is 2. The molecule has 0 aliphatic carbocycles. The molecule has 0 aliphatic rings. The van der Waals surface area contributed by atoms with E-state index in [1.807, 2.05) is 0 Å². The minimum atomic E-state index is -1.45. The van der Waals surface area contributed by atoms with Gasteiger partial charge in [0.2, 0.25) is 5.43 Å². The first-order valence-corrected chi connectivity index (χ1v) is 10.3. The van der Waals surface area contributed by atoms with Crippen molar-refractivity contribution in [1.29, 1.82) is 0 Å². The van der Waals surface area contributed by atoms with Gasteiger partial charge in [0.15, 0.2) is 0 Å². The summed E-state index contributed by atoms with van der Waals surface area (Å²) in [5.41, 5.74) is -0.902. The van der Waals surface area contributed by atoms with Gasteiger partial charge in [0.05, 0.1) is 35.1 Å². The van der Waals surface area contributed by atoms with Crippen LogP contribution < -0.4 is 11.0 Å². The Bertz CT molecular complexity index is 1480. The number of aromatic nitrogens is 2. The van der Waals surface area contributed by atoms with E-state index in [1.165, 1.54) is 35.0 Å². The van der Waals surface area contributed by atoms with Crippen LogP contribution in [0.15, 0.2) is 76.6 Å². The van der Waals surface area contributed by atoms with Crippen LogP contribution in [0.2, 0.25) is 5.02 Å². The molecule has 2 heterocycles. The molecule has 2 N–H and O–H groups in total. The summed E-state index contributed by atoms with van der Waals surface area (Å²) in [6.45, 7) is -0.613. The van der Waals surface area contributed by atoms with Crippen molar-refractivity contribution in [3.63, 3.8) is 0 Å². The molecule has 0 amide bonds. The van der Waals surface area contributed by atoms with Crippen molar-refractivity contribution in [2.24, 2.45) is 0 Å². The molecule has 0 aliphatic heterocycles. The Hall–Kier alpha value is -3.75. The molecule has 0 bridgehead atoms. The fourth-order valence-electron chi connectivity index (χ4n) is 3.78.